The van der Waals surface area contributed by atoms with Crippen LogP contribution in [0.4, 0.5) is 18.9 Å². The van der Waals surface area contributed by atoms with Gasteiger partial charge in [-0.2, -0.15) is 21.6 Å². The van der Waals surface area contributed by atoms with Crippen LogP contribution in [0.3, 0.4) is 0 Å². The summed E-state index contributed by atoms with van der Waals surface area (Å²) < 4.78 is 67.4. The smallest absolute Gasteiger partial charge is 0.269 e. The van der Waals surface area contributed by atoms with E-state index in [2.05, 4.69) is 0 Å². The van der Waals surface area contributed by atoms with E-state index in [0.29, 0.717) is 6.07 Å². The van der Waals surface area contributed by atoms with E-state index < -0.39 is 27.7 Å². The van der Waals surface area contributed by atoms with Crippen LogP contribution < -0.4 is 4.72 Å². The lowest BCUT2D eigenvalue weighted by Gasteiger charge is -2.12. The molecule has 0 fully saturated rings. The molecule has 8 heteroatoms. The molecular formula is C7H6F3NO3S. The molecule has 1 rings (SSSR count). The number of anilines is 1. The summed E-state index contributed by atoms with van der Waals surface area (Å²) in [5, 5.41) is 0. The van der Waals surface area contributed by atoms with Gasteiger partial charge in [-0.1, -0.05) is 12.1 Å². The molecule has 0 heterocycles. The van der Waals surface area contributed by atoms with Gasteiger partial charge in [0.05, 0.1) is 11.3 Å². The highest BCUT2D eigenvalue weighted by molar-refractivity contribution is 7.87. The Kier molecular flexibility index (Phi) is 2.91. The average Bonchev–Trinajstić information content (AvgIpc) is 1.99. The first-order chi connectivity index (χ1) is 6.70. The highest BCUT2D eigenvalue weighted by Gasteiger charge is 2.33. The Morgan fingerprint density at radius 1 is 1.20 bits per heavy atom. The van der Waals surface area contributed by atoms with Crippen molar-refractivity contribution in [3.8, 4) is 0 Å². The van der Waals surface area contributed by atoms with Crippen molar-refractivity contribution in [1.29, 1.82) is 0 Å². The van der Waals surface area contributed by atoms with Crippen LogP contribution in [0.1, 0.15) is 5.56 Å². The number of para-hydroxylation sites is 1. The van der Waals surface area contributed by atoms with Gasteiger partial charge in [-0.05, 0) is 12.1 Å². The molecule has 0 radical (unpaired) electrons. The largest absolute Gasteiger partial charge is 0.418 e. The minimum Gasteiger partial charge on any atom is -0.269 e. The molecule has 0 bridgehead atoms. The van der Waals surface area contributed by atoms with Gasteiger partial charge in [-0.3, -0.25) is 9.27 Å². The number of hydrogen-bond acceptors (Lipinski definition) is 2. The van der Waals surface area contributed by atoms with Crippen LogP contribution in [0.15, 0.2) is 24.3 Å². The molecule has 2 N–H and O–H groups in total. The van der Waals surface area contributed by atoms with Crippen molar-refractivity contribution < 1.29 is 26.1 Å². The second-order valence-corrected chi connectivity index (χ2v) is 3.77. The standard InChI is InChI=1S/C7H6F3NO3S/c8-7(9,10)5-3-1-2-4-6(5)11-15(12,13)14/h1-4,11H,(H,12,13,14). The second kappa shape index (κ2) is 3.70. The first-order valence-corrected chi connectivity index (χ1v) is 5.05. The molecule has 0 saturated heterocycles. The van der Waals surface area contributed by atoms with Gasteiger partial charge < -0.3 is 0 Å². The normalized spacial score (nSPS) is 12.5. The number of halogens is 3. The Morgan fingerprint density at radius 3 is 2.20 bits per heavy atom. The van der Waals surface area contributed by atoms with Crippen LogP contribution in [0, 0.1) is 0 Å². The van der Waals surface area contributed by atoms with Gasteiger partial charge in [0.15, 0.2) is 0 Å². The van der Waals surface area contributed by atoms with Gasteiger partial charge in [-0.25, -0.2) is 0 Å². The van der Waals surface area contributed by atoms with E-state index in [9.17, 15) is 21.6 Å². The Bertz CT molecular complexity index is 455. The van der Waals surface area contributed by atoms with Crippen molar-refractivity contribution >= 4 is 16.0 Å². The third kappa shape index (κ3) is 3.40. The van der Waals surface area contributed by atoms with Crippen molar-refractivity contribution in [1.82, 2.24) is 0 Å². The summed E-state index contributed by atoms with van der Waals surface area (Å²) in [5.74, 6) is 0. The van der Waals surface area contributed by atoms with Gasteiger partial charge in [-0.15, -0.1) is 0 Å². The molecule has 4 nitrogen and oxygen atoms in total. The predicted octanol–water partition coefficient (Wildman–Crippen LogP) is 1.92. The zero-order valence-corrected chi connectivity index (χ0v) is 7.93. The lowest BCUT2D eigenvalue weighted by atomic mass is 10.2. The number of alkyl halides is 3. The van der Waals surface area contributed by atoms with Crippen LogP contribution in [-0.4, -0.2) is 13.0 Å². The van der Waals surface area contributed by atoms with Gasteiger partial charge >= 0.3 is 16.5 Å². The summed E-state index contributed by atoms with van der Waals surface area (Å²) in [4.78, 5) is 0. The lowest BCUT2D eigenvalue weighted by molar-refractivity contribution is -0.136. The summed E-state index contributed by atoms with van der Waals surface area (Å²) in [5.41, 5.74) is -1.88. The van der Waals surface area contributed by atoms with Crippen LogP contribution >= 0.6 is 0 Å². The molecule has 84 valence electrons. The average molecular weight is 241 g/mol. The molecule has 0 aliphatic heterocycles. The van der Waals surface area contributed by atoms with Crippen molar-refractivity contribution in [2.24, 2.45) is 0 Å². The van der Waals surface area contributed by atoms with E-state index in [1.165, 1.54) is 10.8 Å². The fourth-order valence-corrected chi connectivity index (χ4v) is 1.41. The summed E-state index contributed by atoms with van der Waals surface area (Å²) in [7, 11) is -4.71. The molecule has 0 aromatic heterocycles. The fourth-order valence-electron chi connectivity index (χ4n) is 0.958. The molecule has 15 heavy (non-hydrogen) atoms. The summed E-state index contributed by atoms with van der Waals surface area (Å²) in [6.45, 7) is 0. The zero-order valence-electron chi connectivity index (χ0n) is 7.12. The number of nitrogens with one attached hydrogen (secondary N) is 1. The highest BCUT2D eigenvalue weighted by atomic mass is 32.2. The van der Waals surface area contributed by atoms with E-state index in [4.69, 9.17) is 4.55 Å². The maximum Gasteiger partial charge on any atom is 0.418 e. The molecule has 1 aromatic rings. The van der Waals surface area contributed by atoms with E-state index in [1.54, 1.807) is 0 Å². The SMILES string of the molecule is O=S(=O)(O)Nc1ccccc1C(F)(F)F. The van der Waals surface area contributed by atoms with E-state index >= 15 is 0 Å². The Labute approximate surface area is 83.6 Å². The third-order valence-electron chi connectivity index (χ3n) is 1.47. The van der Waals surface area contributed by atoms with Gasteiger partial charge in [0, 0.05) is 0 Å². The fraction of sp³-hybridized carbons (Fsp3) is 0.143. The van der Waals surface area contributed by atoms with E-state index in [-0.39, 0.29) is 0 Å². The van der Waals surface area contributed by atoms with E-state index in [0.717, 1.165) is 12.1 Å². The second-order valence-electron chi connectivity index (χ2n) is 2.62. The van der Waals surface area contributed by atoms with Crippen molar-refractivity contribution in [2.75, 3.05) is 4.72 Å². The molecule has 1 aromatic carbocycles. The zero-order chi connectivity index (χ0) is 11.7. The summed E-state index contributed by atoms with van der Waals surface area (Å²) >= 11 is 0. The number of rotatable bonds is 2. The summed E-state index contributed by atoms with van der Waals surface area (Å²) in [6, 6.07) is 3.92. The van der Waals surface area contributed by atoms with Crippen molar-refractivity contribution in [3.05, 3.63) is 29.8 Å². The Hall–Kier alpha value is -1.28. The molecule has 0 atom stereocenters. The molecule has 0 aliphatic carbocycles. The molecule has 0 spiro atoms. The Morgan fingerprint density at radius 2 is 1.73 bits per heavy atom. The first-order valence-electron chi connectivity index (χ1n) is 3.61. The maximum absolute atomic E-state index is 12.3. The van der Waals surface area contributed by atoms with E-state index in [1.807, 2.05) is 0 Å². The highest BCUT2D eigenvalue weighted by Crippen LogP contribution is 2.34. The molecule has 0 aliphatic rings. The van der Waals surface area contributed by atoms with Crippen LogP contribution in [-0.2, 0) is 16.5 Å². The van der Waals surface area contributed by atoms with Gasteiger partial charge in [0.1, 0.15) is 0 Å². The van der Waals surface area contributed by atoms with Crippen LogP contribution in [0.5, 0.6) is 0 Å². The quantitative estimate of drug-likeness (QED) is 0.777. The molecule has 0 saturated carbocycles. The first kappa shape index (κ1) is 11.8. The molecular weight excluding hydrogens is 235 g/mol. The van der Waals surface area contributed by atoms with Crippen LogP contribution in [0.25, 0.3) is 0 Å². The monoisotopic (exact) mass is 241 g/mol. The topological polar surface area (TPSA) is 66.4 Å². The van der Waals surface area contributed by atoms with Crippen molar-refractivity contribution in [2.45, 2.75) is 6.18 Å². The van der Waals surface area contributed by atoms with Crippen LogP contribution in [0.2, 0.25) is 0 Å². The van der Waals surface area contributed by atoms with Crippen molar-refractivity contribution in [3.63, 3.8) is 0 Å². The number of hydrogen-bond donors (Lipinski definition) is 2. The minimum atomic E-state index is -4.71. The van der Waals surface area contributed by atoms with Gasteiger partial charge in [0.25, 0.3) is 0 Å². The molecule has 0 unspecified atom stereocenters. The molecule has 0 amide bonds. The predicted molar refractivity (Wildman–Crippen MR) is 46.6 cm³/mol. The minimum absolute atomic E-state index is 0.702. The maximum atomic E-state index is 12.3. The third-order valence-corrected chi connectivity index (χ3v) is 1.95. The number of benzene rings is 1. The Balaban J connectivity index is 3.19. The lowest BCUT2D eigenvalue weighted by Crippen LogP contribution is -2.15. The summed E-state index contributed by atoms with van der Waals surface area (Å²) in [6.07, 6.45) is -4.69. The van der Waals surface area contributed by atoms with Gasteiger partial charge in [0.2, 0.25) is 0 Å².